The van der Waals surface area contributed by atoms with E-state index < -0.39 is 11.6 Å². The summed E-state index contributed by atoms with van der Waals surface area (Å²) < 4.78 is 40.8. The molecule has 1 fully saturated rings. The largest absolute Gasteiger partial charge is 0.356 e. The molecular weight excluding hydrogens is 327 g/mol. The highest BCUT2D eigenvalue weighted by Gasteiger charge is 2.42. The first-order chi connectivity index (χ1) is 12.1. The maximum atomic E-state index is 13.8. The van der Waals surface area contributed by atoms with Gasteiger partial charge in [0.05, 0.1) is 0 Å². The van der Waals surface area contributed by atoms with Crippen molar-refractivity contribution < 1.29 is 13.2 Å². The number of hydrogen-bond donors (Lipinski definition) is 2. The fourth-order valence-corrected chi connectivity index (χ4v) is 2.93. The number of halogens is 3. The van der Waals surface area contributed by atoms with Gasteiger partial charge in [0.15, 0.2) is 5.96 Å². The van der Waals surface area contributed by atoms with E-state index >= 15 is 0 Å². The molecule has 0 spiro atoms. The molecule has 2 aromatic carbocycles. The van der Waals surface area contributed by atoms with E-state index in [1.54, 1.807) is 13.1 Å². The first kappa shape index (κ1) is 17.3. The average molecular weight is 347 g/mol. The lowest BCUT2D eigenvalue weighted by atomic mass is 10.1. The topological polar surface area (TPSA) is 36.4 Å². The van der Waals surface area contributed by atoms with E-state index in [0.717, 1.165) is 5.56 Å². The van der Waals surface area contributed by atoms with Gasteiger partial charge in [0.25, 0.3) is 0 Å². The van der Waals surface area contributed by atoms with Gasteiger partial charge < -0.3 is 10.6 Å². The second-order valence-corrected chi connectivity index (χ2v) is 6.11. The third-order valence-corrected chi connectivity index (χ3v) is 4.30. The molecule has 3 rings (SSSR count). The van der Waals surface area contributed by atoms with Gasteiger partial charge in [-0.1, -0.05) is 18.2 Å². The fourth-order valence-electron chi connectivity index (χ4n) is 2.93. The summed E-state index contributed by atoms with van der Waals surface area (Å²) >= 11 is 0. The Bertz CT molecular complexity index is 756. The molecule has 132 valence electrons. The zero-order valence-corrected chi connectivity index (χ0v) is 13.9. The van der Waals surface area contributed by atoms with Crippen molar-refractivity contribution in [3.8, 4) is 0 Å². The molecule has 0 radical (unpaired) electrons. The van der Waals surface area contributed by atoms with Gasteiger partial charge >= 0.3 is 0 Å². The number of benzene rings is 2. The standard InChI is InChI=1S/C19H20F3N3/c1-23-19(24-9-8-12-4-2-5-13(20)10-12)25-17-11-14(17)18-15(21)6-3-7-16(18)22/h2-7,10,14,17H,8-9,11H2,1H3,(H2,23,24,25). The lowest BCUT2D eigenvalue weighted by molar-refractivity contribution is 0.553. The summed E-state index contributed by atoms with van der Waals surface area (Å²) in [5.74, 6) is -0.900. The van der Waals surface area contributed by atoms with Crippen LogP contribution in [-0.4, -0.2) is 25.6 Å². The van der Waals surface area contributed by atoms with E-state index in [1.807, 2.05) is 6.07 Å². The predicted molar refractivity (Wildman–Crippen MR) is 92.1 cm³/mol. The number of rotatable bonds is 5. The van der Waals surface area contributed by atoms with Gasteiger partial charge in [-0.15, -0.1) is 0 Å². The molecular formula is C19H20F3N3. The van der Waals surface area contributed by atoms with Crippen LogP contribution in [-0.2, 0) is 6.42 Å². The minimum absolute atomic E-state index is 0.0493. The van der Waals surface area contributed by atoms with E-state index in [-0.39, 0.29) is 23.3 Å². The van der Waals surface area contributed by atoms with Crippen molar-refractivity contribution in [3.05, 3.63) is 71.0 Å². The number of nitrogens with one attached hydrogen (secondary N) is 2. The molecule has 2 N–H and O–H groups in total. The Balaban J connectivity index is 1.51. The van der Waals surface area contributed by atoms with Crippen LogP contribution in [0.4, 0.5) is 13.2 Å². The average Bonchev–Trinajstić information content (AvgIpc) is 3.32. The Morgan fingerprint density at radius 1 is 1.12 bits per heavy atom. The Morgan fingerprint density at radius 2 is 1.84 bits per heavy atom. The van der Waals surface area contributed by atoms with E-state index in [4.69, 9.17) is 0 Å². The molecule has 0 amide bonds. The van der Waals surface area contributed by atoms with Gasteiger partial charge in [0.1, 0.15) is 17.5 Å². The van der Waals surface area contributed by atoms with Crippen LogP contribution >= 0.6 is 0 Å². The lowest BCUT2D eigenvalue weighted by Gasteiger charge is -2.12. The van der Waals surface area contributed by atoms with Crippen LogP contribution in [0.2, 0.25) is 0 Å². The molecule has 0 aliphatic heterocycles. The summed E-state index contributed by atoms with van der Waals surface area (Å²) in [4.78, 5) is 4.12. The molecule has 0 saturated heterocycles. The Morgan fingerprint density at radius 3 is 2.52 bits per heavy atom. The molecule has 0 bridgehead atoms. The molecule has 1 aliphatic carbocycles. The van der Waals surface area contributed by atoms with E-state index in [9.17, 15) is 13.2 Å². The number of guanidine groups is 1. The van der Waals surface area contributed by atoms with Crippen molar-refractivity contribution in [2.75, 3.05) is 13.6 Å². The minimum Gasteiger partial charge on any atom is -0.356 e. The first-order valence-corrected chi connectivity index (χ1v) is 8.24. The molecule has 6 heteroatoms. The fraction of sp³-hybridized carbons (Fsp3) is 0.316. The highest BCUT2D eigenvalue weighted by molar-refractivity contribution is 5.80. The molecule has 0 aromatic heterocycles. The van der Waals surface area contributed by atoms with Gasteiger partial charge in [-0.2, -0.15) is 0 Å². The van der Waals surface area contributed by atoms with Gasteiger partial charge in [-0.3, -0.25) is 4.99 Å². The summed E-state index contributed by atoms with van der Waals surface area (Å²) in [5, 5.41) is 6.31. The normalized spacial score (nSPS) is 19.6. The highest BCUT2D eigenvalue weighted by Crippen LogP contribution is 2.42. The maximum absolute atomic E-state index is 13.8. The van der Waals surface area contributed by atoms with E-state index in [0.29, 0.717) is 25.3 Å². The van der Waals surface area contributed by atoms with E-state index in [1.165, 1.54) is 30.3 Å². The molecule has 2 atom stereocenters. The number of hydrogen-bond acceptors (Lipinski definition) is 1. The van der Waals surface area contributed by atoms with Gasteiger partial charge in [0, 0.05) is 31.1 Å². The summed E-state index contributed by atoms with van der Waals surface area (Å²) in [6, 6.07) is 10.3. The Labute approximate surface area is 145 Å². The summed E-state index contributed by atoms with van der Waals surface area (Å²) in [6.07, 6.45) is 1.30. The molecule has 25 heavy (non-hydrogen) atoms. The first-order valence-electron chi connectivity index (χ1n) is 8.24. The van der Waals surface area contributed by atoms with Crippen molar-refractivity contribution in [3.63, 3.8) is 0 Å². The molecule has 2 unspecified atom stereocenters. The van der Waals surface area contributed by atoms with Crippen LogP contribution in [0.5, 0.6) is 0 Å². The molecule has 0 heterocycles. The quantitative estimate of drug-likeness (QED) is 0.643. The Hall–Kier alpha value is -2.50. The van der Waals surface area contributed by atoms with Crippen molar-refractivity contribution in [1.29, 1.82) is 0 Å². The second-order valence-electron chi connectivity index (χ2n) is 6.11. The van der Waals surface area contributed by atoms with Crippen molar-refractivity contribution in [1.82, 2.24) is 10.6 Å². The monoisotopic (exact) mass is 347 g/mol. The highest BCUT2D eigenvalue weighted by atomic mass is 19.1. The lowest BCUT2D eigenvalue weighted by Crippen LogP contribution is -2.40. The van der Waals surface area contributed by atoms with Crippen LogP contribution in [0.25, 0.3) is 0 Å². The van der Waals surface area contributed by atoms with Gasteiger partial charge in [0.2, 0.25) is 0 Å². The predicted octanol–water partition coefficient (Wildman–Crippen LogP) is 3.37. The van der Waals surface area contributed by atoms with E-state index in [2.05, 4.69) is 15.6 Å². The van der Waals surface area contributed by atoms with Crippen LogP contribution in [0.1, 0.15) is 23.5 Å². The third kappa shape index (κ3) is 4.32. The molecule has 1 saturated carbocycles. The van der Waals surface area contributed by atoms with Crippen LogP contribution in [0.3, 0.4) is 0 Å². The molecule has 1 aliphatic rings. The van der Waals surface area contributed by atoms with Crippen molar-refractivity contribution in [2.24, 2.45) is 4.99 Å². The van der Waals surface area contributed by atoms with Gasteiger partial charge in [-0.25, -0.2) is 13.2 Å². The van der Waals surface area contributed by atoms with Gasteiger partial charge in [-0.05, 0) is 42.7 Å². The molecule has 2 aromatic rings. The second kappa shape index (κ2) is 7.59. The van der Waals surface area contributed by atoms with Crippen LogP contribution in [0, 0.1) is 17.5 Å². The number of aliphatic imine (C=N–C) groups is 1. The minimum atomic E-state index is -0.511. The maximum Gasteiger partial charge on any atom is 0.191 e. The zero-order chi connectivity index (χ0) is 17.8. The zero-order valence-electron chi connectivity index (χ0n) is 13.9. The summed E-state index contributed by atoms with van der Waals surface area (Å²) in [5.41, 5.74) is 1.02. The van der Waals surface area contributed by atoms with Crippen molar-refractivity contribution in [2.45, 2.75) is 24.8 Å². The summed E-state index contributed by atoms with van der Waals surface area (Å²) in [6.45, 7) is 0.578. The Kier molecular flexibility index (Phi) is 5.26. The smallest absolute Gasteiger partial charge is 0.191 e. The molecule has 3 nitrogen and oxygen atoms in total. The van der Waals surface area contributed by atoms with Crippen LogP contribution in [0.15, 0.2) is 47.5 Å². The number of nitrogens with zero attached hydrogens (tertiary/aromatic N) is 1. The summed E-state index contributed by atoms with van der Waals surface area (Å²) in [7, 11) is 1.64. The van der Waals surface area contributed by atoms with Crippen LogP contribution < -0.4 is 10.6 Å². The SMILES string of the molecule is CN=C(NCCc1cccc(F)c1)NC1CC1c1c(F)cccc1F. The van der Waals surface area contributed by atoms with Crippen molar-refractivity contribution >= 4 is 5.96 Å². The third-order valence-electron chi connectivity index (χ3n) is 4.30.